The minimum atomic E-state index is 0.734. The van der Waals surface area contributed by atoms with Crippen molar-refractivity contribution in [3.05, 3.63) is 22.1 Å². The van der Waals surface area contributed by atoms with Gasteiger partial charge >= 0.3 is 0 Å². The van der Waals surface area contributed by atoms with E-state index in [0.717, 1.165) is 52.5 Å². The molecule has 6 heteroatoms. The van der Waals surface area contributed by atoms with Crippen LogP contribution in [0.1, 0.15) is 31.7 Å². The van der Waals surface area contributed by atoms with Crippen molar-refractivity contribution in [2.75, 3.05) is 11.9 Å². The maximum atomic E-state index is 4.70. The third-order valence-corrected chi connectivity index (χ3v) is 4.06. The van der Waals surface area contributed by atoms with Crippen LogP contribution < -0.4 is 5.32 Å². The van der Waals surface area contributed by atoms with Gasteiger partial charge in [0.05, 0.1) is 21.9 Å². The summed E-state index contributed by atoms with van der Waals surface area (Å²) in [4.78, 5) is 9.32. The SMILES string of the molecule is CCCc1nc(-c2cnn(C)c2C)nc(NCC)c1Br. The molecule has 0 bridgehead atoms. The van der Waals surface area contributed by atoms with E-state index in [2.05, 4.69) is 45.2 Å². The normalized spacial score (nSPS) is 10.8. The topological polar surface area (TPSA) is 55.6 Å². The van der Waals surface area contributed by atoms with Crippen LogP contribution in [0.15, 0.2) is 10.7 Å². The number of aromatic nitrogens is 4. The molecule has 2 aromatic rings. The van der Waals surface area contributed by atoms with Gasteiger partial charge in [0, 0.05) is 19.3 Å². The van der Waals surface area contributed by atoms with Gasteiger partial charge in [-0.1, -0.05) is 13.3 Å². The minimum absolute atomic E-state index is 0.734. The molecule has 108 valence electrons. The van der Waals surface area contributed by atoms with Crippen molar-refractivity contribution in [2.24, 2.45) is 7.05 Å². The molecule has 2 aromatic heterocycles. The minimum Gasteiger partial charge on any atom is -0.369 e. The lowest BCUT2D eigenvalue weighted by molar-refractivity contribution is 0.740. The van der Waals surface area contributed by atoms with Crippen LogP contribution in [0.2, 0.25) is 0 Å². The first-order valence-electron chi connectivity index (χ1n) is 6.87. The fourth-order valence-corrected chi connectivity index (χ4v) is 2.54. The number of anilines is 1. The zero-order valence-corrected chi connectivity index (χ0v) is 14.0. The Morgan fingerprint density at radius 3 is 2.60 bits per heavy atom. The van der Waals surface area contributed by atoms with Crippen molar-refractivity contribution in [3.63, 3.8) is 0 Å². The van der Waals surface area contributed by atoms with Gasteiger partial charge in [-0.2, -0.15) is 5.10 Å². The van der Waals surface area contributed by atoms with E-state index >= 15 is 0 Å². The maximum Gasteiger partial charge on any atom is 0.165 e. The van der Waals surface area contributed by atoms with Gasteiger partial charge in [-0.3, -0.25) is 4.68 Å². The third kappa shape index (κ3) is 2.85. The molecule has 0 saturated heterocycles. The summed E-state index contributed by atoms with van der Waals surface area (Å²) in [6.45, 7) is 7.06. The Kier molecular flexibility index (Phi) is 4.75. The molecule has 0 aliphatic carbocycles. The summed E-state index contributed by atoms with van der Waals surface area (Å²) in [5.41, 5.74) is 3.09. The van der Waals surface area contributed by atoms with Crippen molar-refractivity contribution in [2.45, 2.75) is 33.6 Å². The molecule has 20 heavy (non-hydrogen) atoms. The Balaban J connectivity index is 2.55. The van der Waals surface area contributed by atoms with Gasteiger partial charge in [0.1, 0.15) is 5.82 Å². The monoisotopic (exact) mass is 337 g/mol. The van der Waals surface area contributed by atoms with E-state index in [1.54, 1.807) is 0 Å². The summed E-state index contributed by atoms with van der Waals surface area (Å²) in [6.07, 6.45) is 3.80. The highest BCUT2D eigenvalue weighted by molar-refractivity contribution is 9.10. The van der Waals surface area contributed by atoms with Crippen LogP contribution in [0, 0.1) is 6.92 Å². The Labute approximate surface area is 128 Å². The molecule has 5 nitrogen and oxygen atoms in total. The van der Waals surface area contributed by atoms with Crippen molar-refractivity contribution in [1.29, 1.82) is 0 Å². The lowest BCUT2D eigenvalue weighted by Crippen LogP contribution is -2.06. The van der Waals surface area contributed by atoms with Gasteiger partial charge < -0.3 is 5.32 Å². The maximum absolute atomic E-state index is 4.70. The van der Waals surface area contributed by atoms with Crippen molar-refractivity contribution >= 4 is 21.7 Å². The second-order valence-corrected chi connectivity index (χ2v) is 5.50. The molecule has 0 atom stereocenters. The fourth-order valence-electron chi connectivity index (χ4n) is 2.02. The van der Waals surface area contributed by atoms with Gasteiger partial charge in [-0.05, 0) is 36.2 Å². The molecule has 0 radical (unpaired) electrons. The number of nitrogens with one attached hydrogen (secondary N) is 1. The quantitative estimate of drug-likeness (QED) is 0.909. The van der Waals surface area contributed by atoms with Gasteiger partial charge in [0.25, 0.3) is 0 Å². The summed E-state index contributed by atoms with van der Waals surface area (Å²) in [6, 6.07) is 0. The second-order valence-electron chi connectivity index (χ2n) is 4.70. The molecular formula is C14H20BrN5. The van der Waals surface area contributed by atoms with Gasteiger partial charge in [0.15, 0.2) is 5.82 Å². The lowest BCUT2D eigenvalue weighted by Gasteiger charge is -2.11. The molecule has 0 amide bonds. The fraction of sp³-hybridized carbons (Fsp3) is 0.500. The number of rotatable bonds is 5. The molecule has 0 aliphatic rings. The number of hydrogen-bond acceptors (Lipinski definition) is 4. The highest BCUT2D eigenvalue weighted by Crippen LogP contribution is 2.29. The lowest BCUT2D eigenvalue weighted by atomic mass is 10.2. The van der Waals surface area contributed by atoms with Gasteiger partial charge in [-0.15, -0.1) is 0 Å². The molecule has 0 unspecified atom stereocenters. The summed E-state index contributed by atoms with van der Waals surface area (Å²) < 4.78 is 2.80. The zero-order valence-electron chi connectivity index (χ0n) is 12.4. The Hall–Kier alpha value is -1.43. The third-order valence-electron chi connectivity index (χ3n) is 3.23. The Morgan fingerprint density at radius 1 is 1.30 bits per heavy atom. The highest BCUT2D eigenvalue weighted by Gasteiger charge is 2.15. The number of halogens is 1. The van der Waals surface area contributed by atoms with Crippen LogP contribution in [0.25, 0.3) is 11.4 Å². The summed E-state index contributed by atoms with van der Waals surface area (Å²) in [5, 5.41) is 7.56. The zero-order chi connectivity index (χ0) is 14.7. The van der Waals surface area contributed by atoms with E-state index in [9.17, 15) is 0 Å². The van der Waals surface area contributed by atoms with Crippen molar-refractivity contribution in [3.8, 4) is 11.4 Å². The van der Waals surface area contributed by atoms with E-state index < -0.39 is 0 Å². The van der Waals surface area contributed by atoms with Crippen LogP contribution in [-0.2, 0) is 13.5 Å². The molecule has 1 N–H and O–H groups in total. The molecule has 0 saturated carbocycles. The first-order valence-corrected chi connectivity index (χ1v) is 7.67. The number of aryl methyl sites for hydroxylation is 2. The van der Waals surface area contributed by atoms with Gasteiger partial charge in [-0.25, -0.2) is 9.97 Å². The summed E-state index contributed by atoms with van der Waals surface area (Å²) >= 11 is 3.61. The van der Waals surface area contributed by atoms with Crippen LogP contribution in [0.5, 0.6) is 0 Å². The number of hydrogen-bond donors (Lipinski definition) is 1. The Bertz CT molecular complexity index is 579. The molecule has 2 rings (SSSR count). The molecule has 2 heterocycles. The first-order chi connectivity index (χ1) is 9.58. The molecule has 0 aliphatic heterocycles. The van der Waals surface area contributed by atoms with E-state index in [1.807, 2.05) is 24.9 Å². The Morgan fingerprint density at radius 2 is 2.05 bits per heavy atom. The first kappa shape index (κ1) is 15.0. The van der Waals surface area contributed by atoms with E-state index in [-0.39, 0.29) is 0 Å². The molecule has 0 fully saturated rings. The number of nitrogens with zero attached hydrogens (tertiary/aromatic N) is 4. The highest BCUT2D eigenvalue weighted by atomic mass is 79.9. The molecular weight excluding hydrogens is 318 g/mol. The molecule has 0 spiro atoms. The van der Waals surface area contributed by atoms with E-state index in [0.29, 0.717) is 0 Å². The molecule has 0 aromatic carbocycles. The summed E-state index contributed by atoms with van der Waals surface area (Å²) in [7, 11) is 1.93. The van der Waals surface area contributed by atoms with Crippen molar-refractivity contribution in [1.82, 2.24) is 19.7 Å². The predicted octanol–water partition coefficient (Wildman–Crippen LogP) is 3.33. The predicted molar refractivity (Wildman–Crippen MR) is 84.8 cm³/mol. The van der Waals surface area contributed by atoms with E-state index in [1.165, 1.54) is 0 Å². The standard InChI is InChI=1S/C14H20BrN5/c1-5-7-11-12(15)14(16-6-2)19-13(18-11)10-8-17-20(4)9(10)3/h8H,5-7H2,1-4H3,(H,16,18,19). The van der Waals surface area contributed by atoms with Crippen LogP contribution in [-0.4, -0.2) is 26.3 Å². The second kappa shape index (κ2) is 6.35. The summed E-state index contributed by atoms with van der Waals surface area (Å²) in [5.74, 6) is 1.59. The van der Waals surface area contributed by atoms with E-state index in [4.69, 9.17) is 4.98 Å². The average Bonchev–Trinajstić information content (AvgIpc) is 2.75. The van der Waals surface area contributed by atoms with Gasteiger partial charge in [0.2, 0.25) is 0 Å². The van der Waals surface area contributed by atoms with Crippen LogP contribution in [0.3, 0.4) is 0 Å². The largest absolute Gasteiger partial charge is 0.369 e. The average molecular weight is 338 g/mol. The smallest absolute Gasteiger partial charge is 0.165 e. The van der Waals surface area contributed by atoms with Crippen LogP contribution in [0.4, 0.5) is 5.82 Å². The van der Waals surface area contributed by atoms with Crippen LogP contribution >= 0.6 is 15.9 Å². The van der Waals surface area contributed by atoms with Crippen molar-refractivity contribution < 1.29 is 0 Å².